The van der Waals surface area contributed by atoms with E-state index in [1.807, 2.05) is 24.3 Å². The van der Waals surface area contributed by atoms with E-state index in [0.717, 1.165) is 17.1 Å². The van der Waals surface area contributed by atoms with Gasteiger partial charge in [-0.1, -0.05) is 32.2 Å². The van der Waals surface area contributed by atoms with Crippen LogP contribution in [0.1, 0.15) is 13.3 Å². The molecule has 19 heavy (non-hydrogen) atoms. The molecule has 1 aliphatic heterocycles. The number of allylic oxidation sites excluding steroid dienone is 2. The Hall–Kier alpha value is -2.00. The van der Waals surface area contributed by atoms with E-state index in [2.05, 4.69) is 18.5 Å². The Labute approximate surface area is 118 Å². The molecule has 0 spiro atoms. The Morgan fingerprint density at radius 1 is 1.37 bits per heavy atom. The van der Waals surface area contributed by atoms with Crippen molar-refractivity contribution in [2.45, 2.75) is 13.3 Å². The Kier molecular flexibility index (Phi) is 5.90. The van der Waals surface area contributed by atoms with Gasteiger partial charge in [-0.25, -0.2) is 0 Å². The smallest absolute Gasteiger partial charge is 0.221 e. The molecule has 0 fully saturated rings. The van der Waals surface area contributed by atoms with Gasteiger partial charge in [-0.2, -0.15) is 0 Å². The Bertz CT molecular complexity index is 482. The lowest BCUT2D eigenvalue weighted by Gasteiger charge is -2.21. The summed E-state index contributed by atoms with van der Waals surface area (Å²) in [6.45, 7) is 9.11. The molecular weight excluding hydrogens is 262 g/mol. The number of hydrogen-bond donors (Lipinski definition) is 1. The molecule has 0 atom stereocenters. The van der Waals surface area contributed by atoms with Crippen molar-refractivity contribution in [2.24, 2.45) is 0 Å². The Balaban J connectivity index is 0.000000312. The van der Waals surface area contributed by atoms with Crippen molar-refractivity contribution in [3.63, 3.8) is 0 Å². The summed E-state index contributed by atoms with van der Waals surface area (Å²) < 4.78 is 5.61. The van der Waals surface area contributed by atoms with Gasteiger partial charge in [0.2, 0.25) is 5.24 Å². The highest BCUT2D eigenvalue weighted by Crippen LogP contribution is 2.32. The minimum absolute atomic E-state index is 0.273. The number of nitrogens with one attached hydrogen (secondary N) is 1. The summed E-state index contributed by atoms with van der Waals surface area (Å²) in [6.07, 6.45) is 3.81. The summed E-state index contributed by atoms with van der Waals surface area (Å²) in [7, 11) is 0. The van der Waals surface area contributed by atoms with E-state index >= 15 is 0 Å². The van der Waals surface area contributed by atoms with Crippen molar-refractivity contribution in [1.82, 2.24) is 0 Å². The van der Waals surface area contributed by atoms with Gasteiger partial charge in [0.05, 0.1) is 11.4 Å². The van der Waals surface area contributed by atoms with Gasteiger partial charge in [0, 0.05) is 6.42 Å². The van der Waals surface area contributed by atoms with Crippen molar-refractivity contribution >= 4 is 22.5 Å². The zero-order chi connectivity index (χ0) is 14.3. The van der Waals surface area contributed by atoms with Gasteiger partial charge in [-0.05, 0) is 35.9 Å². The molecule has 1 heterocycles. The number of carbonyl (C=O) groups excluding carboxylic acids is 1. The maximum absolute atomic E-state index is 9.58. The quantitative estimate of drug-likeness (QED) is 0.840. The van der Waals surface area contributed by atoms with E-state index in [9.17, 15) is 4.79 Å². The molecule has 3 nitrogen and oxygen atoms in total. The topological polar surface area (TPSA) is 38.3 Å². The maximum atomic E-state index is 9.58. The molecule has 0 aliphatic carbocycles. The van der Waals surface area contributed by atoms with Crippen LogP contribution in [0.5, 0.6) is 5.75 Å². The van der Waals surface area contributed by atoms with Crippen LogP contribution in [0.25, 0.3) is 0 Å². The summed E-state index contributed by atoms with van der Waals surface area (Å²) >= 11 is 4.82. The van der Waals surface area contributed by atoms with Crippen LogP contribution in [0.4, 0.5) is 5.69 Å². The van der Waals surface area contributed by atoms with E-state index < -0.39 is 0 Å². The normalized spacial score (nSPS) is 12.1. The average Bonchev–Trinajstić information content (AvgIpc) is 2.46. The molecule has 1 aromatic rings. The van der Waals surface area contributed by atoms with Gasteiger partial charge in [0.25, 0.3) is 0 Å². The molecule has 0 radical (unpaired) electrons. The van der Waals surface area contributed by atoms with Crippen LogP contribution in [-0.2, 0) is 4.79 Å². The molecule has 1 aromatic carbocycles. The lowest BCUT2D eigenvalue weighted by molar-refractivity contribution is -0.111. The second-order valence-electron chi connectivity index (χ2n) is 3.62. The summed E-state index contributed by atoms with van der Waals surface area (Å²) in [5.74, 6) is 1.52. The van der Waals surface area contributed by atoms with Crippen molar-refractivity contribution in [3.05, 3.63) is 61.0 Å². The fourth-order valence-electron chi connectivity index (χ4n) is 1.34. The van der Waals surface area contributed by atoms with Crippen molar-refractivity contribution in [2.75, 3.05) is 5.32 Å². The maximum Gasteiger partial charge on any atom is 0.221 e. The van der Waals surface area contributed by atoms with Crippen molar-refractivity contribution in [1.29, 1.82) is 0 Å². The van der Waals surface area contributed by atoms with Crippen LogP contribution in [-0.4, -0.2) is 5.24 Å². The lowest BCUT2D eigenvalue weighted by Crippen LogP contribution is -2.11. The van der Waals surface area contributed by atoms with Crippen LogP contribution in [0.15, 0.2) is 61.0 Å². The molecule has 0 unspecified atom stereocenters. The number of carbonyl (C=O) groups is 1. The zero-order valence-electron chi connectivity index (χ0n) is 10.8. The first kappa shape index (κ1) is 15.1. The predicted octanol–water partition coefficient (Wildman–Crippen LogP) is 4.24. The van der Waals surface area contributed by atoms with E-state index in [-0.39, 0.29) is 5.24 Å². The number of para-hydroxylation sites is 2. The second-order valence-corrected chi connectivity index (χ2v) is 4.04. The van der Waals surface area contributed by atoms with Gasteiger partial charge >= 0.3 is 0 Å². The van der Waals surface area contributed by atoms with Crippen LogP contribution < -0.4 is 10.1 Å². The minimum Gasteiger partial charge on any atom is -0.453 e. The zero-order valence-corrected chi connectivity index (χ0v) is 11.5. The van der Waals surface area contributed by atoms with E-state index in [0.29, 0.717) is 12.2 Å². The average molecular weight is 278 g/mol. The monoisotopic (exact) mass is 277 g/mol. The first-order chi connectivity index (χ1) is 9.12. The minimum atomic E-state index is -0.273. The molecule has 4 heteroatoms. The molecule has 0 bridgehead atoms. The van der Waals surface area contributed by atoms with Crippen LogP contribution in [0.3, 0.4) is 0 Å². The summed E-state index contributed by atoms with van der Waals surface area (Å²) in [4.78, 5) is 9.58. The molecule has 0 saturated carbocycles. The molecule has 1 N–H and O–H groups in total. The molecule has 0 aromatic heterocycles. The number of fused-ring (bicyclic) bond motifs is 1. The van der Waals surface area contributed by atoms with Gasteiger partial charge < -0.3 is 10.1 Å². The second kappa shape index (κ2) is 7.44. The number of hydrogen-bond acceptors (Lipinski definition) is 3. The van der Waals surface area contributed by atoms with Crippen molar-refractivity contribution in [3.8, 4) is 5.75 Å². The van der Waals surface area contributed by atoms with Crippen LogP contribution >= 0.6 is 11.6 Å². The van der Waals surface area contributed by atoms with Gasteiger partial charge in [-0.3, -0.25) is 4.79 Å². The van der Waals surface area contributed by atoms with E-state index in [1.54, 1.807) is 19.1 Å². The first-order valence-corrected chi connectivity index (χ1v) is 6.21. The fraction of sp³-hybridized carbons (Fsp3) is 0.133. The van der Waals surface area contributed by atoms with E-state index in [4.69, 9.17) is 16.3 Å². The first-order valence-electron chi connectivity index (χ1n) is 5.83. The molecular formula is C15H16ClNO2. The standard InChI is InChI=1S/C12H11NO.C3H5ClO/c1-3-9-11(4-2)14-12-8-6-5-7-10(12)13-9;1-2-3(4)5/h3-8,13H,1-2H2;2H2,1H3. The molecule has 0 amide bonds. The highest BCUT2D eigenvalue weighted by Gasteiger charge is 2.14. The fourth-order valence-corrected chi connectivity index (χ4v) is 1.34. The Morgan fingerprint density at radius 3 is 2.53 bits per heavy atom. The molecule has 100 valence electrons. The largest absolute Gasteiger partial charge is 0.453 e. The SMILES string of the molecule is C=CC1=C(C=C)Oc2ccccc2N1.CCC(=O)Cl. The van der Waals surface area contributed by atoms with Gasteiger partial charge in [0.15, 0.2) is 5.75 Å². The third-order valence-electron chi connectivity index (χ3n) is 2.31. The third-order valence-corrected chi connectivity index (χ3v) is 2.58. The lowest BCUT2D eigenvalue weighted by atomic mass is 10.2. The number of rotatable bonds is 3. The van der Waals surface area contributed by atoms with Crippen LogP contribution in [0.2, 0.25) is 0 Å². The molecule has 1 aliphatic rings. The number of ether oxygens (including phenoxy) is 1. The highest BCUT2D eigenvalue weighted by molar-refractivity contribution is 6.63. The van der Waals surface area contributed by atoms with Crippen LogP contribution in [0, 0.1) is 0 Å². The number of halogens is 1. The Morgan fingerprint density at radius 2 is 2.00 bits per heavy atom. The molecule has 2 rings (SSSR count). The molecule has 0 saturated heterocycles. The summed E-state index contributed by atoms with van der Waals surface area (Å²) in [5, 5.41) is 2.94. The summed E-state index contributed by atoms with van der Waals surface area (Å²) in [5.41, 5.74) is 1.80. The summed E-state index contributed by atoms with van der Waals surface area (Å²) in [6, 6.07) is 7.75. The van der Waals surface area contributed by atoms with E-state index in [1.165, 1.54) is 0 Å². The predicted molar refractivity (Wildman–Crippen MR) is 79.3 cm³/mol. The number of anilines is 1. The van der Waals surface area contributed by atoms with Gasteiger partial charge in [-0.15, -0.1) is 0 Å². The van der Waals surface area contributed by atoms with Gasteiger partial charge in [0.1, 0.15) is 5.76 Å². The van der Waals surface area contributed by atoms with Crippen molar-refractivity contribution < 1.29 is 9.53 Å². The highest BCUT2D eigenvalue weighted by atomic mass is 35.5. The third kappa shape index (κ3) is 4.30. The number of benzene rings is 1.